The van der Waals surface area contributed by atoms with Crippen molar-refractivity contribution in [1.82, 2.24) is 0 Å². The quantitative estimate of drug-likeness (QED) is 0.134. The van der Waals surface area contributed by atoms with Crippen molar-refractivity contribution in [2.45, 2.75) is 59.3 Å². The molecule has 3 aliphatic rings. The van der Waals surface area contributed by atoms with Gasteiger partial charge in [-0.05, 0) is 38.5 Å². The van der Waals surface area contributed by atoms with Crippen LogP contribution in [0.4, 0.5) is 0 Å². The van der Waals surface area contributed by atoms with Crippen LogP contribution in [0.25, 0.3) is 0 Å². The first-order chi connectivity index (χ1) is 19.6. The third kappa shape index (κ3) is 11.7. The van der Waals surface area contributed by atoms with Gasteiger partial charge in [0, 0.05) is 61.8 Å². The van der Waals surface area contributed by atoms with Gasteiger partial charge in [0.15, 0.2) is 0 Å². The molecule has 0 unspecified atom stereocenters. The smallest absolute Gasteiger partial charge is 0.0566 e. The molecule has 9 heteroatoms. The third-order valence-electron chi connectivity index (χ3n) is 8.72. The minimum atomic E-state index is 0.198. The molecule has 0 N–H and O–H groups in total. The lowest BCUT2D eigenvalue weighted by Crippen LogP contribution is -2.45. The maximum Gasteiger partial charge on any atom is 0.0566 e. The van der Waals surface area contributed by atoms with E-state index in [1.54, 1.807) is 0 Å². The second-order valence-corrected chi connectivity index (χ2v) is 12.3. The predicted octanol–water partition coefficient (Wildman–Crippen LogP) is 4.15. The van der Waals surface area contributed by atoms with E-state index in [0.29, 0.717) is 39.6 Å². The summed E-state index contributed by atoms with van der Waals surface area (Å²) in [5.74, 6) is 0.198. The van der Waals surface area contributed by atoms with Crippen LogP contribution in [0, 0.1) is 22.2 Å². The van der Waals surface area contributed by atoms with Crippen molar-refractivity contribution >= 4 is 0 Å². The maximum atomic E-state index is 5.99. The van der Waals surface area contributed by atoms with E-state index < -0.39 is 0 Å². The van der Waals surface area contributed by atoms with Crippen LogP contribution >= 0.6 is 0 Å². The van der Waals surface area contributed by atoms with Gasteiger partial charge < -0.3 is 42.6 Å². The molecule has 236 valence electrons. The van der Waals surface area contributed by atoms with E-state index in [1.807, 2.05) is 0 Å². The molecule has 0 aromatic heterocycles. The Hall–Kier alpha value is -0.360. The average Bonchev–Trinajstić information content (AvgIpc) is 2.90. The van der Waals surface area contributed by atoms with Gasteiger partial charge >= 0.3 is 0 Å². The molecule has 0 aliphatic carbocycles. The molecule has 3 heterocycles. The van der Waals surface area contributed by atoms with Crippen LogP contribution in [0.15, 0.2) is 0 Å². The van der Waals surface area contributed by atoms with Gasteiger partial charge in [0.1, 0.15) is 0 Å². The molecule has 3 saturated heterocycles. The largest absolute Gasteiger partial charge is 0.381 e. The van der Waals surface area contributed by atoms with Gasteiger partial charge in [0.2, 0.25) is 0 Å². The van der Waals surface area contributed by atoms with Gasteiger partial charge in [0.25, 0.3) is 0 Å². The van der Waals surface area contributed by atoms with E-state index in [-0.39, 0.29) is 22.2 Å². The second kappa shape index (κ2) is 19.0. The molecule has 3 fully saturated rings. The summed E-state index contributed by atoms with van der Waals surface area (Å²) >= 11 is 0. The average molecular weight is 575 g/mol. The van der Waals surface area contributed by atoms with Crippen LogP contribution in [-0.2, 0) is 42.6 Å². The zero-order valence-corrected chi connectivity index (χ0v) is 25.7. The fraction of sp³-hybridized carbons (Fsp3) is 1.00. The molecule has 0 spiro atoms. The molecule has 0 bridgehead atoms. The minimum Gasteiger partial charge on any atom is -0.381 e. The number of hydrogen-bond donors (Lipinski definition) is 0. The predicted molar refractivity (Wildman–Crippen MR) is 153 cm³/mol. The van der Waals surface area contributed by atoms with Crippen LogP contribution < -0.4 is 0 Å². The first-order valence-corrected chi connectivity index (χ1v) is 15.8. The first-order valence-electron chi connectivity index (χ1n) is 15.8. The van der Waals surface area contributed by atoms with E-state index in [9.17, 15) is 0 Å². The van der Waals surface area contributed by atoms with Gasteiger partial charge in [-0.2, -0.15) is 0 Å². The van der Waals surface area contributed by atoms with Gasteiger partial charge in [-0.3, -0.25) is 0 Å². The highest BCUT2D eigenvalue weighted by Gasteiger charge is 2.38. The van der Waals surface area contributed by atoms with E-state index in [4.69, 9.17) is 42.6 Å². The zero-order chi connectivity index (χ0) is 28.4. The zero-order valence-electron chi connectivity index (χ0n) is 25.7. The van der Waals surface area contributed by atoms with E-state index in [2.05, 4.69) is 20.8 Å². The Morgan fingerprint density at radius 3 is 0.950 bits per heavy atom. The Labute approximate surface area is 243 Å². The topological polar surface area (TPSA) is 83.1 Å². The number of ether oxygens (including phenoxy) is 9. The van der Waals surface area contributed by atoms with Crippen LogP contribution in [-0.4, -0.2) is 119 Å². The number of rotatable bonds is 27. The van der Waals surface area contributed by atoms with E-state index in [0.717, 1.165) is 118 Å². The monoisotopic (exact) mass is 574 g/mol. The lowest BCUT2D eigenvalue weighted by atomic mass is 9.84. The van der Waals surface area contributed by atoms with Crippen LogP contribution in [0.1, 0.15) is 59.3 Å². The van der Waals surface area contributed by atoms with Crippen LogP contribution in [0.2, 0.25) is 0 Å². The lowest BCUT2D eigenvalue weighted by Gasteiger charge is -2.40. The van der Waals surface area contributed by atoms with Crippen molar-refractivity contribution in [2.75, 3.05) is 119 Å². The van der Waals surface area contributed by atoms with Crippen molar-refractivity contribution in [2.24, 2.45) is 22.2 Å². The minimum absolute atomic E-state index is 0.198. The van der Waals surface area contributed by atoms with Crippen molar-refractivity contribution in [3.05, 3.63) is 0 Å². The molecule has 3 aliphatic heterocycles. The third-order valence-corrected chi connectivity index (χ3v) is 8.72. The molecule has 0 atom stereocenters. The van der Waals surface area contributed by atoms with E-state index in [1.165, 1.54) is 0 Å². The Bertz CT molecular complexity index is 532. The Kier molecular flexibility index (Phi) is 16.2. The summed E-state index contributed by atoms with van der Waals surface area (Å²) < 4.78 is 51.7. The highest BCUT2D eigenvalue weighted by molar-refractivity contribution is 4.85. The van der Waals surface area contributed by atoms with Gasteiger partial charge in [-0.1, -0.05) is 20.8 Å². The summed E-state index contributed by atoms with van der Waals surface area (Å²) in [6.45, 7) is 20.0. The summed E-state index contributed by atoms with van der Waals surface area (Å²) in [6, 6.07) is 0. The summed E-state index contributed by atoms with van der Waals surface area (Å²) in [5.41, 5.74) is 0.717. The molecular weight excluding hydrogens is 516 g/mol. The molecule has 0 radical (unpaired) electrons. The van der Waals surface area contributed by atoms with E-state index >= 15 is 0 Å². The maximum absolute atomic E-state index is 5.99. The molecular formula is C31H58O9. The lowest BCUT2D eigenvalue weighted by molar-refractivity contribution is -0.151. The van der Waals surface area contributed by atoms with Crippen molar-refractivity contribution in [3.8, 4) is 0 Å². The van der Waals surface area contributed by atoms with Gasteiger partial charge in [-0.25, -0.2) is 0 Å². The van der Waals surface area contributed by atoms with Crippen molar-refractivity contribution in [3.63, 3.8) is 0 Å². The first kappa shape index (κ1) is 34.1. The van der Waals surface area contributed by atoms with Crippen LogP contribution in [0.3, 0.4) is 0 Å². The molecule has 40 heavy (non-hydrogen) atoms. The second-order valence-electron chi connectivity index (χ2n) is 12.3. The molecule has 0 saturated carbocycles. The molecule has 3 rings (SSSR count). The Morgan fingerprint density at radius 1 is 0.450 bits per heavy atom. The molecule has 0 aromatic carbocycles. The normalized spacial score (nSPS) is 20.7. The van der Waals surface area contributed by atoms with Crippen molar-refractivity contribution < 1.29 is 42.6 Å². The summed E-state index contributed by atoms with van der Waals surface area (Å²) in [7, 11) is 0. The molecule has 9 nitrogen and oxygen atoms in total. The van der Waals surface area contributed by atoms with Gasteiger partial charge in [-0.15, -0.1) is 0 Å². The summed E-state index contributed by atoms with van der Waals surface area (Å²) in [6.07, 6.45) is 5.97. The standard InChI is InChI=1S/C31H58O9/c1-4-29(22-38-23-29)19-35-13-7-10-32-16-28(17-33-11-8-14-36-20-30(5-2)24-39-25-30)18-34-12-9-15-37-21-31(6-3)26-40-27-31/h28H,4-27H2,1-3H3. The van der Waals surface area contributed by atoms with Crippen molar-refractivity contribution in [1.29, 1.82) is 0 Å². The Morgan fingerprint density at radius 2 is 0.725 bits per heavy atom. The number of hydrogen-bond acceptors (Lipinski definition) is 9. The highest BCUT2D eigenvalue weighted by atomic mass is 16.5. The fourth-order valence-electron chi connectivity index (χ4n) is 4.89. The molecule has 0 aromatic rings. The Balaban J connectivity index is 1.22. The fourth-order valence-corrected chi connectivity index (χ4v) is 4.89. The highest BCUT2D eigenvalue weighted by Crippen LogP contribution is 2.32. The molecule has 0 amide bonds. The van der Waals surface area contributed by atoms with Crippen LogP contribution in [0.5, 0.6) is 0 Å². The summed E-state index contributed by atoms with van der Waals surface area (Å²) in [4.78, 5) is 0. The summed E-state index contributed by atoms with van der Waals surface area (Å²) in [5, 5.41) is 0. The van der Waals surface area contributed by atoms with Gasteiger partial charge in [0.05, 0.1) is 79.3 Å². The SMILES string of the molecule is CCC1(COCCCOCC(COCCCOCC2(CC)COC2)COCCCOCC2(CC)COC2)COC1.